The third-order valence-corrected chi connectivity index (χ3v) is 5.97. The summed E-state index contributed by atoms with van der Waals surface area (Å²) in [7, 11) is 1.90. The molecule has 4 rings (SSSR count). The maximum atomic E-state index is 12.6. The molecule has 0 spiro atoms. The van der Waals surface area contributed by atoms with E-state index in [0.717, 1.165) is 41.2 Å². The van der Waals surface area contributed by atoms with Crippen LogP contribution in [0, 0.1) is 0 Å². The number of likely N-dealkylation sites (tertiary alicyclic amines) is 1. The van der Waals surface area contributed by atoms with Crippen molar-refractivity contribution in [3.8, 4) is 17.0 Å². The van der Waals surface area contributed by atoms with Gasteiger partial charge in [0.05, 0.1) is 18.7 Å². The van der Waals surface area contributed by atoms with Crippen LogP contribution in [-0.2, 0) is 18.3 Å². The van der Waals surface area contributed by atoms with E-state index < -0.39 is 0 Å². The van der Waals surface area contributed by atoms with E-state index in [2.05, 4.69) is 15.3 Å². The molecule has 7 heteroatoms. The first-order valence-electron chi connectivity index (χ1n) is 11.1. The number of anilines is 1. The molecule has 6 nitrogen and oxygen atoms in total. The Bertz CT molecular complexity index is 1040. The first-order valence-corrected chi connectivity index (χ1v) is 11.5. The van der Waals surface area contributed by atoms with Crippen molar-refractivity contribution in [1.82, 2.24) is 14.7 Å². The molecule has 1 aliphatic heterocycles. The van der Waals surface area contributed by atoms with Gasteiger partial charge < -0.3 is 15.0 Å². The number of ether oxygens (including phenoxy) is 1. The second kappa shape index (κ2) is 10.7. The molecule has 0 atom stereocenters. The fourth-order valence-electron chi connectivity index (χ4n) is 4.04. The van der Waals surface area contributed by atoms with Gasteiger partial charge in [-0.3, -0.25) is 9.48 Å². The van der Waals surface area contributed by atoms with Crippen LogP contribution in [0.4, 0.5) is 5.69 Å². The Morgan fingerprint density at radius 3 is 2.62 bits per heavy atom. The Balaban J connectivity index is 1.43. The van der Waals surface area contributed by atoms with Gasteiger partial charge >= 0.3 is 0 Å². The van der Waals surface area contributed by atoms with Crippen molar-refractivity contribution in [2.45, 2.75) is 25.7 Å². The average molecular weight is 453 g/mol. The molecule has 0 radical (unpaired) electrons. The third-order valence-electron chi connectivity index (χ3n) is 5.71. The number of nitrogens with one attached hydrogen (secondary N) is 1. The maximum absolute atomic E-state index is 12.6. The molecule has 1 amide bonds. The predicted octanol–water partition coefficient (Wildman–Crippen LogP) is 4.79. The van der Waals surface area contributed by atoms with Gasteiger partial charge in [-0.1, -0.05) is 23.7 Å². The van der Waals surface area contributed by atoms with Crippen LogP contribution in [0.15, 0.2) is 54.7 Å². The largest absolute Gasteiger partial charge is 0.493 e. The molecule has 1 fully saturated rings. The number of carbonyl (C=O) groups excluding carboxylic acids is 1. The number of halogens is 1. The molecule has 1 N–H and O–H groups in total. The van der Waals surface area contributed by atoms with Crippen LogP contribution in [0.5, 0.6) is 5.75 Å². The lowest BCUT2D eigenvalue weighted by molar-refractivity contribution is -0.115. The van der Waals surface area contributed by atoms with Crippen LogP contribution in [0.25, 0.3) is 11.3 Å². The molecule has 0 aliphatic carbocycles. The molecule has 1 saturated heterocycles. The van der Waals surface area contributed by atoms with Gasteiger partial charge in [0.15, 0.2) is 0 Å². The third kappa shape index (κ3) is 5.90. The number of carbonyl (C=O) groups is 1. The summed E-state index contributed by atoms with van der Waals surface area (Å²) in [5.41, 5.74) is 3.49. The number of aromatic nitrogens is 2. The monoisotopic (exact) mass is 452 g/mol. The van der Waals surface area contributed by atoms with E-state index in [1.165, 1.54) is 25.9 Å². The number of nitrogens with zero attached hydrogens (tertiary/aromatic N) is 3. The highest BCUT2D eigenvalue weighted by Gasteiger charge is 2.14. The van der Waals surface area contributed by atoms with Crippen molar-refractivity contribution in [3.63, 3.8) is 0 Å². The average Bonchev–Trinajstić information content (AvgIpc) is 3.45. The van der Waals surface area contributed by atoms with Crippen molar-refractivity contribution in [3.05, 3.63) is 65.3 Å². The van der Waals surface area contributed by atoms with Crippen LogP contribution >= 0.6 is 11.6 Å². The second-order valence-corrected chi connectivity index (χ2v) is 8.59. The Kier molecular flexibility index (Phi) is 7.45. The number of hydrogen-bond acceptors (Lipinski definition) is 4. The van der Waals surface area contributed by atoms with Crippen molar-refractivity contribution in [2.24, 2.45) is 7.05 Å². The molecule has 3 aromatic rings. The van der Waals surface area contributed by atoms with E-state index in [1.54, 1.807) is 18.3 Å². The Labute approximate surface area is 194 Å². The van der Waals surface area contributed by atoms with Gasteiger partial charge in [0.2, 0.25) is 5.91 Å². The number of amides is 1. The topological polar surface area (TPSA) is 59.4 Å². The van der Waals surface area contributed by atoms with Crippen LogP contribution < -0.4 is 10.1 Å². The molecule has 0 bridgehead atoms. The lowest BCUT2D eigenvalue weighted by Crippen LogP contribution is -2.22. The zero-order valence-electron chi connectivity index (χ0n) is 18.4. The van der Waals surface area contributed by atoms with Crippen LogP contribution in [0.2, 0.25) is 5.02 Å². The summed E-state index contributed by atoms with van der Waals surface area (Å²) in [6, 6.07) is 15.0. The highest BCUT2D eigenvalue weighted by atomic mass is 35.5. The van der Waals surface area contributed by atoms with E-state index in [1.807, 2.05) is 48.1 Å². The van der Waals surface area contributed by atoms with Crippen LogP contribution in [0.1, 0.15) is 24.8 Å². The molecule has 0 unspecified atom stereocenters. The van der Waals surface area contributed by atoms with Crippen molar-refractivity contribution >= 4 is 23.2 Å². The zero-order valence-corrected chi connectivity index (χ0v) is 19.1. The summed E-state index contributed by atoms with van der Waals surface area (Å²) in [6.07, 6.45) is 5.64. The summed E-state index contributed by atoms with van der Waals surface area (Å²) in [5.74, 6) is 0.716. The van der Waals surface area contributed by atoms with E-state index >= 15 is 0 Å². The summed E-state index contributed by atoms with van der Waals surface area (Å²) < 4.78 is 7.96. The minimum absolute atomic E-state index is 0.0810. The highest BCUT2D eigenvalue weighted by Crippen LogP contribution is 2.32. The fraction of sp³-hybridized carbons (Fsp3) is 0.360. The summed E-state index contributed by atoms with van der Waals surface area (Å²) >= 11 is 5.93. The maximum Gasteiger partial charge on any atom is 0.228 e. The van der Waals surface area contributed by atoms with E-state index in [0.29, 0.717) is 11.6 Å². The predicted molar refractivity (Wildman–Crippen MR) is 128 cm³/mol. The van der Waals surface area contributed by atoms with Gasteiger partial charge in [0.1, 0.15) is 5.75 Å². The van der Waals surface area contributed by atoms with Gasteiger partial charge in [0, 0.05) is 36.1 Å². The molecule has 1 aliphatic rings. The summed E-state index contributed by atoms with van der Waals surface area (Å²) in [4.78, 5) is 15.0. The summed E-state index contributed by atoms with van der Waals surface area (Å²) in [6.45, 7) is 4.12. The highest BCUT2D eigenvalue weighted by molar-refractivity contribution is 6.30. The Morgan fingerprint density at radius 1 is 1.12 bits per heavy atom. The Hall–Kier alpha value is -2.83. The molecule has 32 heavy (non-hydrogen) atoms. The SMILES string of the molecule is Cn1nccc1-c1cc(NC(=O)Cc2ccc(Cl)cc2)ccc1OCCCN1CCCC1. The molecule has 168 valence electrons. The van der Waals surface area contributed by atoms with Crippen molar-refractivity contribution in [1.29, 1.82) is 0 Å². The van der Waals surface area contributed by atoms with Gasteiger partial charge in [-0.2, -0.15) is 5.10 Å². The number of benzene rings is 2. The van der Waals surface area contributed by atoms with Crippen molar-refractivity contribution in [2.75, 3.05) is 31.6 Å². The lowest BCUT2D eigenvalue weighted by Gasteiger charge is -2.16. The zero-order chi connectivity index (χ0) is 22.3. The number of hydrogen-bond donors (Lipinski definition) is 1. The standard InChI is InChI=1S/C25H29ClN4O2/c1-29-23(11-12-27-29)22-18-21(28-25(31)17-19-5-7-20(26)8-6-19)9-10-24(22)32-16-4-15-30-13-2-3-14-30/h5-12,18H,2-4,13-17H2,1H3,(H,28,31). The van der Waals surface area contributed by atoms with Gasteiger partial charge in [-0.25, -0.2) is 0 Å². The van der Waals surface area contributed by atoms with Crippen LogP contribution in [-0.4, -0.2) is 46.8 Å². The smallest absolute Gasteiger partial charge is 0.228 e. The number of aryl methyl sites for hydroxylation is 1. The second-order valence-electron chi connectivity index (χ2n) is 8.15. The number of rotatable bonds is 9. The minimum Gasteiger partial charge on any atom is -0.493 e. The molecular weight excluding hydrogens is 424 g/mol. The minimum atomic E-state index is -0.0810. The quantitative estimate of drug-likeness (QED) is 0.474. The molecule has 1 aromatic heterocycles. The Morgan fingerprint density at radius 2 is 1.91 bits per heavy atom. The van der Waals surface area contributed by atoms with Gasteiger partial charge in [0.25, 0.3) is 0 Å². The van der Waals surface area contributed by atoms with Crippen molar-refractivity contribution < 1.29 is 9.53 Å². The molecular formula is C25H29ClN4O2. The first-order chi connectivity index (χ1) is 15.6. The van der Waals surface area contributed by atoms with E-state index in [4.69, 9.17) is 16.3 Å². The van der Waals surface area contributed by atoms with E-state index in [-0.39, 0.29) is 12.3 Å². The molecule has 0 saturated carbocycles. The first kappa shape index (κ1) is 22.4. The molecule has 2 aromatic carbocycles. The van der Waals surface area contributed by atoms with Gasteiger partial charge in [-0.05, 0) is 74.3 Å². The molecule has 2 heterocycles. The summed E-state index contributed by atoms with van der Waals surface area (Å²) in [5, 5.41) is 7.95. The lowest BCUT2D eigenvalue weighted by atomic mass is 10.1. The fourth-order valence-corrected chi connectivity index (χ4v) is 4.17. The van der Waals surface area contributed by atoms with Crippen LogP contribution in [0.3, 0.4) is 0 Å². The van der Waals surface area contributed by atoms with Gasteiger partial charge in [-0.15, -0.1) is 0 Å². The normalized spacial score (nSPS) is 13.9. The van der Waals surface area contributed by atoms with E-state index in [9.17, 15) is 4.79 Å².